The fourth-order valence-electron chi connectivity index (χ4n) is 3.43. The summed E-state index contributed by atoms with van der Waals surface area (Å²) in [5.41, 5.74) is -0.207. The first kappa shape index (κ1) is 21.1. The first-order valence-electron chi connectivity index (χ1n) is 9.23. The standard InChI is InChI=1S/C19H17F3N4O4S/c1-8-5-10(11(20)6-13(8)31(28,29)9-3-4-9)14-15-12(7-24-16(14)17(27)23-2)25-26-18(15)30-19(21)22/h5-7,9,19H,3-4H2,1-2H3,(H,23,27)(H,25,26). The Labute approximate surface area is 174 Å². The molecular weight excluding hydrogens is 437 g/mol. The van der Waals surface area contributed by atoms with E-state index in [1.165, 1.54) is 26.2 Å². The number of H-pyrrole nitrogens is 1. The number of hydrogen-bond acceptors (Lipinski definition) is 6. The number of nitrogens with zero attached hydrogens (tertiary/aromatic N) is 2. The molecule has 1 saturated carbocycles. The minimum absolute atomic E-state index is 0.0787. The lowest BCUT2D eigenvalue weighted by Gasteiger charge is -2.14. The van der Waals surface area contributed by atoms with E-state index in [1.54, 1.807) is 0 Å². The first-order chi connectivity index (χ1) is 14.6. The molecule has 8 nitrogen and oxygen atoms in total. The number of sulfone groups is 1. The molecule has 0 aliphatic heterocycles. The van der Waals surface area contributed by atoms with Gasteiger partial charge in [0.2, 0.25) is 5.88 Å². The number of aryl methyl sites for hydroxylation is 1. The Morgan fingerprint density at radius 1 is 1.32 bits per heavy atom. The highest BCUT2D eigenvalue weighted by Gasteiger charge is 2.38. The zero-order valence-corrected chi connectivity index (χ0v) is 17.2. The van der Waals surface area contributed by atoms with E-state index in [4.69, 9.17) is 0 Å². The molecule has 2 N–H and O–H groups in total. The maximum Gasteiger partial charge on any atom is 0.388 e. The third kappa shape index (κ3) is 3.60. The van der Waals surface area contributed by atoms with Crippen LogP contribution in [0.1, 0.15) is 28.9 Å². The third-order valence-corrected chi connectivity index (χ3v) is 7.42. The SMILES string of the molecule is CNC(=O)c1ncc2[nH]nc(OC(F)F)c2c1-c1cc(C)c(S(=O)(=O)C2CC2)cc1F. The Bertz CT molecular complexity index is 1300. The number of aromatic amines is 1. The van der Waals surface area contributed by atoms with Crippen LogP contribution in [0.15, 0.2) is 23.2 Å². The van der Waals surface area contributed by atoms with Gasteiger partial charge >= 0.3 is 6.61 Å². The molecule has 1 aliphatic rings. The molecule has 1 fully saturated rings. The van der Waals surface area contributed by atoms with Crippen molar-refractivity contribution in [2.24, 2.45) is 0 Å². The number of carbonyl (C=O) groups is 1. The molecule has 1 aliphatic carbocycles. The molecule has 1 amide bonds. The minimum atomic E-state index is -3.68. The van der Waals surface area contributed by atoms with Crippen molar-refractivity contribution in [2.45, 2.75) is 36.5 Å². The van der Waals surface area contributed by atoms with Gasteiger partial charge < -0.3 is 10.1 Å². The minimum Gasteiger partial charge on any atom is -0.415 e. The summed E-state index contributed by atoms with van der Waals surface area (Å²) in [5.74, 6) is -2.19. The predicted octanol–water partition coefficient (Wildman–Crippen LogP) is 2.97. The molecule has 164 valence electrons. The fourth-order valence-corrected chi connectivity index (χ4v) is 5.32. The lowest BCUT2D eigenvalue weighted by atomic mass is 9.97. The zero-order chi connectivity index (χ0) is 22.5. The van der Waals surface area contributed by atoms with Crippen LogP contribution in [-0.2, 0) is 9.84 Å². The number of pyridine rings is 1. The van der Waals surface area contributed by atoms with Gasteiger partial charge in [0.15, 0.2) is 9.84 Å². The number of halogens is 3. The Morgan fingerprint density at radius 2 is 2.03 bits per heavy atom. The second-order valence-corrected chi connectivity index (χ2v) is 9.30. The van der Waals surface area contributed by atoms with E-state index >= 15 is 4.39 Å². The molecule has 0 atom stereocenters. The van der Waals surface area contributed by atoms with Crippen molar-refractivity contribution in [2.75, 3.05) is 7.05 Å². The van der Waals surface area contributed by atoms with Crippen LogP contribution in [-0.4, -0.2) is 48.4 Å². The van der Waals surface area contributed by atoms with Crippen LogP contribution < -0.4 is 10.1 Å². The molecule has 0 unspecified atom stereocenters. The van der Waals surface area contributed by atoms with E-state index in [0.29, 0.717) is 12.8 Å². The van der Waals surface area contributed by atoms with Gasteiger partial charge in [0, 0.05) is 18.2 Å². The number of aromatic nitrogens is 3. The number of benzene rings is 1. The van der Waals surface area contributed by atoms with Gasteiger partial charge in [-0.2, -0.15) is 8.78 Å². The van der Waals surface area contributed by atoms with E-state index in [0.717, 1.165) is 6.07 Å². The Hall–Kier alpha value is -3.15. The monoisotopic (exact) mass is 454 g/mol. The summed E-state index contributed by atoms with van der Waals surface area (Å²) in [7, 11) is -2.35. The van der Waals surface area contributed by atoms with Gasteiger partial charge in [-0.25, -0.2) is 17.8 Å². The Balaban J connectivity index is 2.01. The zero-order valence-electron chi connectivity index (χ0n) is 16.4. The van der Waals surface area contributed by atoms with Crippen molar-refractivity contribution in [3.63, 3.8) is 0 Å². The summed E-state index contributed by atoms with van der Waals surface area (Å²) in [6, 6.07) is 2.14. The van der Waals surface area contributed by atoms with Crippen LogP contribution >= 0.6 is 0 Å². The molecule has 0 radical (unpaired) electrons. The first-order valence-corrected chi connectivity index (χ1v) is 10.8. The summed E-state index contributed by atoms with van der Waals surface area (Å²) in [6.45, 7) is -1.72. The predicted molar refractivity (Wildman–Crippen MR) is 104 cm³/mol. The second-order valence-electron chi connectivity index (χ2n) is 7.10. The van der Waals surface area contributed by atoms with Crippen molar-refractivity contribution in [3.05, 3.63) is 35.4 Å². The summed E-state index contributed by atoms with van der Waals surface area (Å²) in [5, 5.41) is 7.88. The van der Waals surface area contributed by atoms with E-state index in [1.807, 2.05) is 0 Å². The van der Waals surface area contributed by atoms with E-state index in [2.05, 4.69) is 25.2 Å². The molecule has 2 heterocycles. The van der Waals surface area contributed by atoms with Crippen LogP contribution in [0.4, 0.5) is 13.2 Å². The summed E-state index contributed by atoms with van der Waals surface area (Å²) in [4.78, 5) is 16.3. The van der Waals surface area contributed by atoms with Crippen LogP contribution in [0.3, 0.4) is 0 Å². The summed E-state index contributed by atoms with van der Waals surface area (Å²) >= 11 is 0. The maximum atomic E-state index is 15.3. The topological polar surface area (TPSA) is 114 Å². The number of amides is 1. The average molecular weight is 454 g/mol. The van der Waals surface area contributed by atoms with Gasteiger partial charge in [-0.05, 0) is 37.5 Å². The normalized spacial score (nSPS) is 14.3. The van der Waals surface area contributed by atoms with Crippen molar-refractivity contribution in [1.29, 1.82) is 0 Å². The molecule has 0 saturated heterocycles. The number of nitrogens with one attached hydrogen (secondary N) is 2. The largest absolute Gasteiger partial charge is 0.415 e. The highest BCUT2D eigenvalue weighted by Crippen LogP contribution is 2.41. The molecular formula is C19H17F3N4O4S. The Kier molecular flexibility index (Phi) is 5.12. The van der Waals surface area contributed by atoms with Gasteiger partial charge in [0.05, 0.1) is 27.2 Å². The van der Waals surface area contributed by atoms with Crippen LogP contribution in [0.5, 0.6) is 5.88 Å². The summed E-state index contributed by atoms with van der Waals surface area (Å²) < 4.78 is 70.7. The number of rotatable bonds is 6. The Morgan fingerprint density at radius 3 is 2.65 bits per heavy atom. The van der Waals surface area contributed by atoms with Crippen molar-refractivity contribution < 1.29 is 31.1 Å². The molecule has 0 bridgehead atoms. The van der Waals surface area contributed by atoms with Crippen LogP contribution in [0.25, 0.3) is 22.0 Å². The summed E-state index contributed by atoms with van der Waals surface area (Å²) in [6.07, 6.45) is 2.21. The van der Waals surface area contributed by atoms with Crippen LogP contribution in [0, 0.1) is 12.7 Å². The van der Waals surface area contributed by atoms with Gasteiger partial charge in [-0.15, -0.1) is 5.10 Å². The van der Waals surface area contributed by atoms with Gasteiger partial charge in [0.25, 0.3) is 5.91 Å². The smallest absolute Gasteiger partial charge is 0.388 e. The van der Waals surface area contributed by atoms with E-state index in [9.17, 15) is 22.0 Å². The maximum absolute atomic E-state index is 15.3. The number of carbonyl (C=O) groups excluding carboxylic acids is 1. The average Bonchev–Trinajstić information content (AvgIpc) is 3.51. The molecule has 4 rings (SSSR count). The van der Waals surface area contributed by atoms with Crippen molar-refractivity contribution >= 4 is 26.6 Å². The number of hydrogen-bond donors (Lipinski definition) is 2. The number of fused-ring (bicyclic) bond motifs is 1. The fraction of sp³-hybridized carbons (Fsp3) is 0.316. The third-order valence-electron chi connectivity index (χ3n) is 5.02. The molecule has 2 aromatic heterocycles. The quantitative estimate of drug-likeness (QED) is 0.592. The van der Waals surface area contributed by atoms with Crippen molar-refractivity contribution in [1.82, 2.24) is 20.5 Å². The molecule has 0 spiro atoms. The van der Waals surface area contributed by atoms with Gasteiger partial charge in [0.1, 0.15) is 11.5 Å². The molecule has 1 aromatic carbocycles. The number of ether oxygens (including phenoxy) is 1. The lowest BCUT2D eigenvalue weighted by molar-refractivity contribution is -0.0518. The highest BCUT2D eigenvalue weighted by atomic mass is 32.2. The van der Waals surface area contributed by atoms with E-state index < -0.39 is 39.3 Å². The van der Waals surface area contributed by atoms with Crippen molar-refractivity contribution in [3.8, 4) is 17.0 Å². The molecule has 12 heteroatoms. The lowest BCUT2D eigenvalue weighted by Crippen LogP contribution is -2.20. The van der Waals surface area contributed by atoms with Gasteiger partial charge in [-0.3, -0.25) is 9.89 Å². The molecule has 3 aromatic rings. The van der Waals surface area contributed by atoms with Gasteiger partial charge in [-0.1, -0.05) is 0 Å². The second kappa shape index (κ2) is 7.52. The molecule has 31 heavy (non-hydrogen) atoms. The highest BCUT2D eigenvalue weighted by molar-refractivity contribution is 7.92. The number of alkyl halides is 2. The van der Waals surface area contributed by atoms with E-state index in [-0.39, 0.29) is 38.2 Å². The van der Waals surface area contributed by atoms with Crippen LogP contribution in [0.2, 0.25) is 0 Å².